The van der Waals surface area contributed by atoms with E-state index in [2.05, 4.69) is 15.9 Å². The van der Waals surface area contributed by atoms with Crippen molar-refractivity contribution in [2.45, 2.75) is 6.61 Å². The minimum Gasteiger partial charge on any atom is -0.493 e. The van der Waals surface area contributed by atoms with E-state index in [9.17, 15) is 8.78 Å². The molecule has 2 aromatic carbocycles. The first-order valence-electron chi connectivity index (χ1n) is 5.71. The molecule has 3 nitrogen and oxygen atoms in total. The summed E-state index contributed by atoms with van der Waals surface area (Å²) in [5.41, 5.74) is 5.95. The number of hydrogen-bond acceptors (Lipinski definition) is 3. The number of benzene rings is 2. The molecule has 20 heavy (non-hydrogen) atoms. The molecule has 106 valence electrons. The van der Waals surface area contributed by atoms with Gasteiger partial charge in [-0.05, 0) is 40.2 Å². The third kappa shape index (κ3) is 3.01. The minimum atomic E-state index is -0.687. The highest BCUT2D eigenvalue weighted by atomic mass is 79.9. The molecule has 6 heteroatoms. The van der Waals surface area contributed by atoms with Crippen LogP contribution in [0.3, 0.4) is 0 Å². The Morgan fingerprint density at radius 2 is 1.90 bits per heavy atom. The lowest BCUT2D eigenvalue weighted by Crippen LogP contribution is -2.04. The highest BCUT2D eigenvalue weighted by molar-refractivity contribution is 9.10. The lowest BCUT2D eigenvalue weighted by Gasteiger charge is -2.12. The van der Waals surface area contributed by atoms with Crippen LogP contribution in [0.25, 0.3) is 0 Å². The first-order chi connectivity index (χ1) is 9.52. The van der Waals surface area contributed by atoms with Gasteiger partial charge in [-0.1, -0.05) is 0 Å². The zero-order chi connectivity index (χ0) is 14.7. The zero-order valence-electron chi connectivity index (χ0n) is 10.6. The Labute approximate surface area is 123 Å². The van der Waals surface area contributed by atoms with E-state index in [0.717, 1.165) is 0 Å². The number of rotatable bonds is 4. The number of methoxy groups -OCH3 is 1. The maximum absolute atomic E-state index is 13.8. The SMILES string of the molecule is COc1ccc(N)cc1OCc1c(F)ccc(Br)c1F. The fourth-order valence-corrected chi connectivity index (χ4v) is 2.03. The predicted molar refractivity (Wildman–Crippen MR) is 75.8 cm³/mol. The lowest BCUT2D eigenvalue weighted by molar-refractivity contribution is 0.274. The van der Waals surface area contributed by atoms with E-state index >= 15 is 0 Å². The molecule has 2 rings (SSSR count). The summed E-state index contributed by atoms with van der Waals surface area (Å²) in [5.74, 6) is -0.595. The number of nitrogens with two attached hydrogens (primary N) is 1. The molecular formula is C14H12BrF2NO2. The number of ether oxygens (including phenoxy) is 2. The molecule has 0 radical (unpaired) electrons. The summed E-state index contributed by atoms with van der Waals surface area (Å²) in [6, 6.07) is 7.27. The quantitative estimate of drug-likeness (QED) is 0.676. The Morgan fingerprint density at radius 3 is 2.60 bits per heavy atom. The van der Waals surface area contributed by atoms with Crippen LogP contribution in [0.5, 0.6) is 11.5 Å². The van der Waals surface area contributed by atoms with Crippen LogP contribution in [0.1, 0.15) is 5.56 Å². The van der Waals surface area contributed by atoms with Crippen molar-refractivity contribution in [1.82, 2.24) is 0 Å². The van der Waals surface area contributed by atoms with Crippen molar-refractivity contribution >= 4 is 21.6 Å². The molecule has 0 fully saturated rings. The van der Waals surface area contributed by atoms with E-state index in [-0.39, 0.29) is 16.6 Å². The molecule has 0 unspecified atom stereocenters. The molecule has 0 atom stereocenters. The molecule has 2 aromatic rings. The number of halogens is 3. The third-order valence-electron chi connectivity index (χ3n) is 2.70. The predicted octanol–water partition coefficient (Wildman–Crippen LogP) is 3.90. The normalized spacial score (nSPS) is 10.4. The average molecular weight is 344 g/mol. The van der Waals surface area contributed by atoms with E-state index in [1.165, 1.54) is 25.3 Å². The fraction of sp³-hybridized carbons (Fsp3) is 0.143. The number of nitrogen functional groups attached to an aromatic ring is 1. The van der Waals surface area contributed by atoms with Crippen LogP contribution in [-0.2, 0) is 6.61 Å². The van der Waals surface area contributed by atoms with Crippen molar-refractivity contribution in [3.63, 3.8) is 0 Å². The first-order valence-corrected chi connectivity index (χ1v) is 6.51. The Kier molecular flexibility index (Phi) is 4.44. The summed E-state index contributed by atoms with van der Waals surface area (Å²) in [7, 11) is 1.47. The Bertz CT molecular complexity index is 635. The van der Waals surface area contributed by atoms with Gasteiger partial charge in [0.1, 0.15) is 18.2 Å². The van der Waals surface area contributed by atoms with Crippen LogP contribution in [0.4, 0.5) is 14.5 Å². The zero-order valence-corrected chi connectivity index (χ0v) is 12.2. The topological polar surface area (TPSA) is 44.5 Å². The maximum atomic E-state index is 13.8. The van der Waals surface area contributed by atoms with Crippen molar-refractivity contribution < 1.29 is 18.3 Å². The minimum absolute atomic E-state index is 0.163. The molecule has 0 heterocycles. The van der Waals surface area contributed by atoms with Gasteiger partial charge in [-0.15, -0.1) is 0 Å². The van der Waals surface area contributed by atoms with Crippen LogP contribution >= 0.6 is 15.9 Å². The van der Waals surface area contributed by atoms with Crippen molar-refractivity contribution in [3.8, 4) is 11.5 Å². The van der Waals surface area contributed by atoms with E-state index < -0.39 is 11.6 Å². The molecule has 2 N–H and O–H groups in total. The van der Waals surface area contributed by atoms with Crippen LogP contribution in [-0.4, -0.2) is 7.11 Å². The Morgan fingerprint density at radius 1 is 1.15 bits per heavy atom. The summed E-state index contributed by atoms with van der Waals surface area (Å²) in [5, 5.41) is 0. The van der Waals surface area contributed by atoms with Gasteiger partial charge in [0.25, 0.3) is 0 Å². The molecule has 0 bridgehead atoms. The van der Waals surface area contributed by atoms with Gasteiger partial charge in [0.15, 0.2) is 11.5 Å². The number of hydrogen-bond donors (Lipinski definition) is 1. The van der Waals surface area contributed by atoms with Gasteiger partial charge < -0.3 is 15.2 Å². The molecule has 0 aliphatic rings. The monoisotopic (exact) mass is 343 g/mol. The van der Waals surface area contributed by atoms with Crippen LogP contribution in [0, 0.1) is 11.6 Å². The summed E-state index contributed by atoms with van der Waals surface area (Å²) in [6.07, 6.45) is 0. The highest BCUT2D eigenvalue weighted by Gasteiger charge is 2.14. The van der Waals surface area contributed by atoms with Crippen molar-refractivity contribution in [3.05, 3.63) is 52.0 Å². The van der Waals surface area contributed by atoms with E-state index in [0.29, 0.717) is 17.2 Å². The standard InChI is InChI=1S/C14H12BrF2NO2/c1-19-12-5-2-8(18)6-13(12)20-7-9-11(16)4-3-10(15)14(9)17/h2-6H,7,18H2,1H3. The van der Waals surface area contributed by atoms with Crippen molar-refractivity contribution in [2.75, 3.05) is 12.8 Å². The van der Waals surface area contributed by atoms with E-state index in [1.54, 1.807) is 12.1 Å². The van der Waals surface area contributed by atoms with Crippen LogP contribution in [0.2, 0.25) is 0 Å². The smallest absolute Gasteiger partial charge is 0.163 e. The molecule has 0 saturated heterocycles. The summed E-state index contributed by atoms with van der Waals surface area (Å²) in [6.45, 7) is -0.267. The van der Waals surface area contributed by atoms with E-state index in [4.69, 9.17) is 15.2 Å². The molecule has 0 saturated carbocycles. The molecular weight excluding hydrogens is 332 g/mol. The maximum Gasteiger partial charge on any atom is 0.163 e. The van der Waals surface area contributed by atoms with Crippen molar-refractivity contribution in [2.24, 2.45) is 0 Å². The molecule has 0 amide bonds. The van der Waals surface area contributed by atoms with Gasteiger partial charge in [-0.2, -0.15) is 0 Å². The molecule has 0 aromatic heterocycles. The summed E-state index contributed by atoms with van der Waals surface area (Å²) in [4.78, 5) is 0. The van der Waals surface area contributed by atoms with Gasteiger partial charge in [0.05, 0.1) is 17.1 Å². The Hall–Kier alpha value is -1.82. The van der Waals surface area contributed by atoms with Gasteiger partial charge in [-0.25, -0.2) is 8.78 Å². The van der Waals surface area contributed by atoms with E-state index in [1.807, 2.05) is 0 Å². The highest BCUT2D eigenvalue weighted by Crippen LogP contribution is 2.30. The van der Waals surface area contributed by atoms with Crippen LogP contribution < -0.4 is 15.2 Å². The second-order valence-corrected chi connectivity index (χ2v) is 4.88. The van der Waals surface area contributed by atoms with Gasteiger partial charge in [-0.3, -0.25) is 0 Å². The fourth-order valence-electron chi connectivity index (χ4n) is 1.66. The molecule has 0 spiro atoms. The Balaban J connectivity index is 2.25. The van der Waals surface area contributed by atoms with Crippen LogP contribution in [0.15, 0.2) is 34.8 Å². The second-order valence-electron chi connectivity index (χ2n) is 4.02. The lowest BCUT2D eigenvalue weighted by atomic mass is 10.2. The first kappa shape index (κ1) is 14.6. The summed E-state index contributed by atoms with van der Waals surface area (Å²) >= 11 is 3.00. The average Bonchev–Trinajstić information content (AvgIpc) is 2.43. The second kappa shape index (κ2) is 6.09. The third-order valence-corrected chi connectivity index (χ3v) is 3.31. The largest absolute Gasteiger partial charge is 0.493 e. The molecule has 0 aliphatic carbocycles. The van der Waals surface area contributed by atoms with Gasteiger partial charge >= 0.3 is 0 Å². The van der Waals surface area contributed by atoms with Crippen molar-refractivity contribution in [1.29, 1.82) is 0 Å². The number of anilines is 1. The summed E-state index contributed by atoms with van der Waals surface area (Å²) < 4.78 is 38.1. The molecule has 0 aliphatic heterocycles. The van der Waals surface area contributed by atoms with Gasteiger partial charge in [0, 0.05) is 11.8 Å². The van der Waals surface area contributed by atoms with Gasteiger partial charge in [0.2, 0.25) is 0 Å².